The standard InChI is InChI=1S/C16H22ClN5O/c1-10(2)5-6-18-16-21-15(9-19-22-16)20-13-7-11(3)12(17)8-14(13)23-4/h7-10H,5-6H2,1-4H3,(H2,18,20,21,22). The molecule has 0 atom stereocenters. The van der Waals surface area contributed by atoms with Crippen molar-refractivity contribution in [2.75, 3.05) is 24.3 Å². The average Bonchev–Trinajstić information content (AvgIpc) is 2.51. The van der Waals surface area contributed by atoms with Gasteiger partial charge in [0, 0.05) is 17.6 Å². The van der Waals surface area contributed by atoms with Crippen LogP contribution in [0.4, 0.5) is 17.5 Å². The Labute approximate surface area is 141 Å². The molecule has 23 heavy (non-hydrogen) atoms. The summed E-state index contributed by atoms with van der Waals surface area (Å²) in [6.07, 6.45) is 2.61. The molecule has 0 aliphatic carbocycles. The molecule has 124 valence electrons. The molecule has 7 heteroatoms. The summed E-state index contributed by atoms with van der Waals surface area (Å²) in [6.45, 7) is 7.10. The first-order valence-corrected chi connectivity index (χ1v) is 7.92. The van der Waals surface area contributed by atoms with Crippen molar-refractivity contribution in [3.8, 4) is 5.75 Å². The number of halogens is 1. The molecule has 1 aromatic heterocycles. The van der Waals surface area contributed by atoms with Gasteiger partial charge in [0.05, 0.1) is 19.0 Å². The lowest BCUT2D eigenvalue weighted by atomic mass is 10.1. The maximum absolute atomic E-state index is 6.12. The Morgan fingerprint density at radius 2 is 2.09 bits per heavy atom. The van der Waals surface area contributed by atoms with E-state index in [0.717, 1.165) is 24.2 Å². The van der Waals surface area contributed by atoms with Crippen molar-refractivity contribution in [1.29, 1.82) is 0 Å². The van der Waals surface area contributed by atoms with Crippen molar-refractivity contribution in [2.24, 2.45) is 5.92 Å². The topological polar surface area (TPSA) is 72.0 Å². The first-order chi connectivity index (χ1) is 11.0. The van der Waals surface area contributed by atoms with Crippen molar-refractivity contribution in [3.63, 3.8) is 0 Å². The molecule has 0 unspecified atom stereocenters. The highest BCUT2D eigenvalue weighted by molar-refractivity contribution is 6.31. The first kappa shape index (κ1) is 17.3. The van der Waals surface area contributed by atoms with Gasteiger partial charge in [0.2, 0.25) is 5.95 Å². The van der Waals surface area contributed by atoms with Gasteiger partial charge in [-0.3, -0.25) is 0 Å². The van der Waals surface area contributed by atoms with Crippen LogP contribution < -0.4 is 15.4 Å². The van der Waals surface area contributed by atoms with Crippen molar-refractivity contribution >= 4 is 29.1 Å². The molecule has 6 nitrogen and oxygen atoms in total. The zero-order valence-corrected chi connectivity index (χ0v) is 14.6. The molecule has 0 aliphatic heterocycles. The second-order valence-corrected chi connectivity index (χ2v) is 6.11. The summed E-state index contributed by atoms with van der Waals surface area (Å²) in [5.74, 6) is 2.36. The fourth-order valence-electron chi connectivity index (χ4n) is 1.98. The quantitative estimate of drug-likeness (QED) is 0.795. The summed E-state index contributed by atoms with van der Waals surface area (Å²) in [7, 11) is 1.60. The van der Waals surface area contributed by atoms with Crippen LogP contribution in [-0.4, -0.2) is 28.8 Å². The second kappa shape index (κ2) is 7.97. The van der Waals surface area contributed by atoms with Crippen LogP contribution in [0.2, 0.25) is 5.02 Å². The van der Waals surface area contributed by atoms with Gasteiger partial charge in [-0.1, -0.05) is 25.4 Å². The van der Waals surface area contributed by atoms with E-state index < -0.39 is 0 Å². The van der Waals surface area contributed by atoms with E-state index in [-0.39, 0.29) is 0 Å². The van der Waals surface area contributed by atoms with Gasteiger partial charge in [-0.15, -0.1) is 5.10 Å². The minimum Gasteiger partial charge on any atom is -0.495 e. The fraction of sp³-hybridized carbons (Fsp3) is 0.438. The highest BCUT2D eigenvalue weighted by atomic mass is 35.5. The van der Waals surface area contributed by atoms with Crippen molar-refractivity contribution in [3.05, 3.63) is 28.9 Å². The van der Waals surface area contributed by atoms with Gasteiger partial charge in [0.15, 0.2) is 5.82 Å². The molecule has 0 aliphatic rings. The molecule has 0 bridgehead atoms. The van der Waals surface area contributed by atoms with E-state index in [1.54, 1.807) is 19.4 Å². The monoisotopic (exact) mass is 335 g/mol. The SMILES string of the molecule is COc1cc(Cl)c(C)cc1Nc1cnnc(NCCC(C)C)n1. The Hall–Kier alpha value is -2.08. The Balaban J connectivity index is 2.13. The van der Waals surface area contributed by atoms with Gasteiger partial charge in [0.1, 0.15) is 5.75 Å². The summed E-state index contributed by atoms with van der Waals surface area (Å²) in [4.78, 5) is 4.41. The fourth-order valence-corrected chi connectivity index (χ4v) is 2.13. The summed E-state index contributed by atoms with van der Waals surface area (Å²) in [6, 6.07) is 3.69. The number of ether oxygens (including phenoxy) is 1. The molecule has 0 saturated heterocycles. The van der Waals surface area contributed by atoms with Crippen LogP contribution in [0.1, 0.15) is 25.8 Å². The van der Waals surface area contributed by atoms with Crippen LogP contribution in [0.3, 0.4) is 0 Å². The normalized spacial score (nSPS) is 10.7. The number of anilines is 3. The van der Waals surface area contributed by atoms with Gasteiger partial charge in [-0.05, 0) is 30.9 Å². The van der Waals surface area contributed by atoms with Crippen LogP contribution in [0.5, 0.6) is 5.75 Å². The number of nitrogens with zero attached hydrogens (tertiary/aromatic N) is 3. The van der Waals surface area contributed by atoms with E-state index in [4.69, 9.17) is 16.3 Å². The van der Waals surface area contributed by atoms with Gasteiger partial charge >= 0.3 is 0 Å². The maximum Gasteiger partial charge on any atom is 0.244 e. The third-order valence-corrected chi connectivity index (χ3v) is 3.71. The molecule has 1 aromatic carbocycles. The number of nitrogens with one attached hydrogen (secondary N) is 2. The summed E-state index contributed by atoms with van der Waals surface area (Å²) >= 11 is 6.12. The van der Waals surface area contributed by atoms with Gasteiger partial charge in [-0.25, -0.2) is 0 Å². The van der Waals surface area contributed by atoms with Crippen LogP contribution in [0, 0.1) is 12.8 Å². The number of methoxy groups -OCH3 is 1. The lowest BCUT2D eigenvalue weighted by Crippen LogP contribution is -2.09. The maximum atomic E-state index is 6.12. The van der Waals surface area contributed by atoms with Crippen LogP contribution in [-0.2, 0) is 0 Å². The smallest absolute Gasteiger partial charge is 0.244 e. The highest BCUT2D eigenvalue weighted by Gasteiger charge is 2.09. The summed E-state index contributed by atoms with van der Waals surface area (Å²) in [5, 5.41) is 15.0. The third kappa shape index (κ3) is 4.96. The second-order valence-electron chi connectivity index (χ2n) is 5.70. The van der Waals surface area contributed by atoms with Crippen LogP contribution in [0.15, 0.2) is 18.3 Å². The molecule has 0 fully saturated rings. The highest BCUT2D eigenvalue weighted by Crippen LogP contribution is 2.32. The molecule has 2 aromatic rings. The third-order valence-electron chi connectivity index (χ3n) is 3.31. The van der Waals surface area contributed by atoms with E-state index in [2.05, 4.69) is 39.7 Å². The van der Waals surface area contributed by atoms with Crippen LogP contribution >= 0.6 is 11.6 Å². The van der Waals surface area contributed by atoms with E-state index in [0.29, 0.717) is 28.5 Å². The minimum atomic E-state index is 0.500. The Morgan fingerprint density at radius 3 is 2.78 bits per heavy atom. The lowest BCUT2D eigenvalue weighted by Gasteiger charge is -2.13. The molecule has 0 amide bonds. The molecular weight excluding hydrogens is 314 g/mol. The molecule has 1 heterocycles. The largest absolute Gasteiger partial charge is 0.495 e. The number of benzene rings is 1. The number of rotatable bonds is 7. The molecule has 2 rings (SSSR count). The summed E-state index contributed by atoms with van der Waals surface area (Å²) in [5.41, 5.74) is 1.73. The Bertz CT molecular complexity index is 663. The Morgan fingerprint density at radius 1 is 1.30 bits per heavy atom. The minimum absolute atomic E-state index is 0.500. The number of hydrogen-bond donors (Lipinski definition) is 2. The van der Waals surface area contributed by atoms with E-state index >= 15 is 0 Å². The zero-order valence-electron chi connectivity index (χ0n) is 13.9. The predicted molar refractivity (Wildman–Crippen MR) is 93.8 cm³/mol. The number of aryl methyl sites for hydroxylation is 1. The van der Waals surface area contributed by atoms with Gasteiger partial charge < -0.3 is 15.4 Å². The van der Waals surface area contributed by atoms with Crippen molar-refractivity contribution < 1.29 is 4.74 Å². The predicted octanol–water partition coefficient (Wildman–Crippen LogP) is 4.04. The lowest BCUT2D eigenvalue weighted by molar-refractivity contribution is 0.416. The van der Waals surface area contributed by atoms with Crippen molar-refractivity contribution in [1.82, 2.24) is 15.2 Å². The average molecular weight is 336 g/mol. The van der Waals surface area contributed by atoms with Gasteiger partial charge in [-0.2, -0.15) is 10.1 Å². The summed E-state index contributed by atoms with van der Waals surface area (Å²) < 4.78 is 5.35. The van der Waals surface area contributed by atoms with E-state index in [1.807, 2.05) is 13.0 Å². The Kier molecular flexibility index (Phi) is 5.98. The number of aromatic nitrogens is 3. The van der Waals surface area contributed by atoms with E-state index in [1.165, 1.54) is 0 Å². The zero-order chi connectivity index (χ0) is 16.8. The molecule has 0 spiro atoms. The van der Waals surface area contributed by atoms with Crippen molar-refractivity contribution in [2.45, 2.75) is 27.2 Å². The van der Waals surface area contributed by atoms with E-state index in [9.17, 15) is 0 Å². The van der Waals surface area contributed by atoms with Crippen LogP contribution in [0.25, 0.3) is 0 Å². The molecule has 2 N–H and O–H groups in total. The molecule has 0 saturated carbocycles. The molecular formula is C16H22ClN5O. The first-order valence-electron chi connectivity index (χ1n) is 7.54. The number of hydrogen-bond acceptors (Lipinski definition) is 6. The molecule has 0 radical (unpaired) electrons. The van der Waals surface area contributed by atoms with Gasteiger partial charge in [0.25, 0.3) is 0 Å².